The van der Waals surface area contributed by atoms with Crippen molar-refractivity contribution < 1.29 is 23.6 Å². The number of non-ortho nitro benzene ring substituents is 1. The second-order valence-corrected chi connectivity index (χ2v) is 11.1. The molecule has 2 aromatic carbocycles. The SMILES string of the molecule is CCOc1ccc([C@@H]2C(C(=O)OC(C)C)=C(C)N=c3s/c(=C/c4ccc(-c5cc([N+](=O)[O-])ccc5Cl)o4)c(=O)n32)cc1. The Labute approximate surface area is 248 Å². The highest BCUT2D eigenvalue weighted by molar-refractivity contribution is 7.07. The highest BCUT2D eigenvalue weighted by Gasteiger charge is 2.34. The van der Waals surface area contributed by atoms with E-state index in [1.807, 2.05) is 19.1 Å². The molecule has 4 aromatic rings. The van der Waals surface area contributed by atoms with Gasteiger partial charge in [0.25, 0.3) is 11.2 Å². The van der Waals surface area contributed by atoms with Gasteiger partial charge < -0.3 is 13.9 Å². The number of allylic oxidation sites excluding steroid dienone is 1. The summed E-state index contributed by atoms with van der Waals surface area (Å²) in [4.78, 5) is 42.9. The minimum Gasteiger partial charge on any atom is -0.494 e. The first-order chi connectivity index (χ1) is 20.1. The van der Waals surface area contributed by atoms with Gasteiger partial charge in [-0.25, -0.2) is 9.79 Å². The predicted octanol–water partition coefficient (Wildman–Crippen LogP) is 5.41. The molecule has 0 aliphatic carbocycles. The molecular weight excluding hydrogens is 582 g/mol. The number of thiazole rings is 1. The average molecular weight is 608 g/mol. The van der Waals surface area contributed by atoms with Crippen molar-refractivity contribution in [3.8, 4) is 17.1 Å². The van der Waals surface area contributed by atoms with Crippen molar-refractivity contribution >= 4 is 40.7 Å². The van der Waals surface area contributed by atoms with E-state index in [0.29, 0.717) is 50.0 Å². The molecule has 1 aliphatic rings. The summed E-state index contributed by atoms with van der Waals surface area (Å²) in [5.74, 6) is 0.761. The van der Waals surface area contributed by atoms with Crippen LogP contribution in [0.15, 0.2) is 80.1 Å². The average Bonchev–Trinajstić information content (AvgIpc) is 3.52. The number of rotatable bonds is 8. The molecule has 216 valence electrons. The zero-order valence-corrected chi connectivity index (χ0v) is 24.7. The van der Waals surface area contributed by atoms with Crippen LogP contribution in [0.3, 0.4) is 0 Å². The summed E-state index contributed by atoms with van der Waals surface area (Å²) in [5.41, 5.74) is 1.27. The number of furan rings is 1. The molecule has 10 nitrogen and oxygen atoms in total. The number of nitrogens with zero attached hydrogens (tertiary/aromatic N) is 3. The molecule has 0 fully saturated rings. The fourth-order valence-electron chi connectivity index (χ4n) is 4.61. The maximum Gasteiger partial charge on any atom is 0.338 e. The number of fused-ring (bicyclic) bond motifs is 1. The van der Waals surface area contributed by atoms with Crippen molar-refractivity contribution in [1.29, 1.82) is 0 Å². The van der Waals surface area contributed by atoms with Gasteiger partial charge in [-0.15, -0.1) is 0 Å². The van der Waals surface area contributed by atoms with Gasteiger partial charge >= 0.3 is 5.97 Å². The normalized spacial score (nSPS) is 15.0. The van der Waals surface area contributed by atoms with Crippen LogP contribution >= 0.6 is 22.9 Å². The van der Waals surface area contributed by atoms with E-state index in [9.17, 15) is 19.7 Å². The number of ether oxygens (including phenoxy) is 2. The lowest BCUT2D eigenvalue weighted by atomic mass is 9.96. The number of carbonyl (C=O) groups is 1. The third-order valence-corrected chi connectivity index (χ3v) is 7.73. The van der Waals surface area contributed by atoms with E-state index in [2.05, 4.69) is 4.99 Å². The number of aromatic nitrogens is 1. The Morgan fingerprint density at radius 3 is 2.62 bits per heavy atom. The molecule has 0 saturated carbocycles. The van der Waals surface area contributed by atoms with Gasteiger partial charge in [0.05, 0.1) is 44.5 Å². The fraction of sp³-hybridized carbons (Fsp3) is 0.233. The lowest BCUT2D eigenvalue weighted by Gasteiger charge is -2.25. The number of esters is 1. The molecule has 0 saturated heterocycles. The highest BCUT2D eigenvalue weighted by Crippen LogP contribution is 2.34. The van der Waals surface area contributed by atoms with E-state index in [1.54, 1.807) is 51.1 Å². The van der Waals surface area contributed by atoms with Crippen LogP contribution < -0.4 is 19.6 Å². The summed E-state index contributed by atoms with van der Waals surface area (Å²) in [5, 5.41) is 11.5. The summed E-state index contributed by atoms with van der Waals surface area (Å²) in [7, 11) is 0. The Bertz CT molecular complexity index is 1900. The van der Waals surface area contributed by atoms with Gasteiger partial charge in [0.1, 0.15) is 17.3 Å². The number of halogens is 1. The number of benzene rings is 2. The molecule has 1 aliphatic heterocycles. The number of hydrogen-bond acceptors (Lipinski definition) is 9. The minimum atomic E-state index is -0.777. The molecule has 1 atom stereocenters. The first kappa shape index (κ1) is 29.0. The van der Waals surface area contributed by atoms with Crippen LogP contribution in [-0.2, 0) is 9.53 Å². The van der Waals surface area contributed by atoms with E-state index in [-0.39, 0.29) is 27.9 Å². The standard InChI is InChI=1S/C30H26ClN3O7S/c1-5-39-20-9-6-18(7-10-20)27-26(29(36)40-16(2)3)17(4)32-30-33(27)28(35)25(42-30)15-21-11-13-24(41-21)22-14-19(34(37)38)8-12-23(22)31/h6-16,27H,5H2,1-4H3/b25-15+/t27-/m1/s1. The van der Waals surface area contributed by atoms with Gasteiger partial charge in [0, 0.05) is 23.8 Å². The maximum atomic E-state index is 13.9. The smallest absolute Gasteiger partial charge is 0.338 e. The molecule has 0 amide bonds. The second-order valence-electron chi connectivity index (χ2n) is 9.66. The molecule has 42 heavy (non-hydrogen) atoms. The molecule has 3 heterocycles. The molecule has 0 N–H and O–H groups in total. The van der Waals surface area contributed by atoms with Crippen LogP contribution in [0.4, 0.5) is 5.69 Å². The van der Waals surface area contributed by atoms with Gasteiger partial charge in [-0.05, 0) is 63.6 Å². The Morgan fingerprint density at radius 2 is 1.95 bits per heavy atom. The Kier molecular flexibility index (Phi) is 8.15. The van der Waals surface area contributed by atoms with E-state index >= 15 is 0 Å². The van der Waals surface area contributed by atoms with E-state index in [0.717, 1.165) is 11.3 Å². The molecule has 0 spiro atoms. The largest absolute Gasteiger partial charge is 0.494 e. The van der Waals surface area contributed by atoms with Crippen molar-refractivity contribution in [2.45, 2.75) is 39.8 Å². The van der Waals surface area contributed by atoms with Crippen molar-refractivity contribution in [1.82, 2.24) is 4.57 Å². The molecule has 0 bridgehead atoms. The minimum absolute atomic E-state index is 0.128. The summed E-state index contributed by atoms with van der Waals surface area (Å²) < 4.78 is 18.8. The van der Waals surface area contributed by atoms with Gasteiger partial charge in [-0.3, -0.25) is 19.5 Å². The van der Waals surface area contributed by atoms with Crippen molar-refractivity contribution in [3.63, 3.8) is 0 Å². The quantitative estimate of drug-likeness (QED) is 0.149. The Morgan fingerprint density at radius 1 is 1.21 bits per heavy atom. The fourth-order valence-corrected chi connectivity index (χ4v) is 5.85. The lowest BCUT2D eigenvalue weighted by molar-refractivity contribution is -0.384. The van der Waals surface area contributed by atoms with Gasteiger partial charge in [0.2, 0.25) is 0 Å². The molecule has 12 heteroatoms. The lowest BCUT2D eigenvalue weighted by Crippen LogP contribution is -2.40. The van der Waals surface area contributed by atoms with Crippen LogP contribution in [0.5, 0.6) is 5.75 Å². The molecule has 0 radical (unpaired) electrons. The summed E-state index contributed by atoms with van der Waals surface area (Å²) >= 11 is 7.43. The number of nitro benzene ring substituents is 1. The topological polar surface area (TPSA) is 126 Å². The first-order valence-electron chi connectivity index (χ1n) is 13.1. The summed E-state index contributed by atoms with van der Waals surface area (Å²) in [6, 6.07) is 13.8. The van der Waals surface area contributed by atoms with Crippen LogP contribution in [0.2, 0.25) is 5.02 Å². The van der Waals surface area contributed by atoms with Gasteiger partial charge in [0.15, 0.2) is 4.80 Å². The zero-order valence-electron chi connectivity index (χ0n) is 23.1. The van der Waals surface area contributed by atoms with Gasteiger partial charge in [-0.1, -0.05) is 35.1 Å². The van der Waals surface area contributed by atoms with Crippen LogP contribution in [-0.4, -0.2) is 28.2 Å². The number of nitro groups is 1. The number of hydrogen-bond donors (Lipinski definition) is 0. The van der Waals surface area contributed by atoms with Crippen molar-refractivity contribution in [2.24, 2.45) is 4.99 Å². The van der Waals surface area contributed by atoms with Gasteiger partial charge in [-0.2, -0.15) is 0 Å². The Balaban J connectivity index is 1.61. The molecular formula is C30H26ClN3O7S. The van der Waals surface area contributed by atoms with Crippen LogP contribution in [0.1, 0.15) is 45.1 Å². The monoisotopic (exact) mass is 607 g/mol. The van der Waals surface area contributed by atoms with E-state index in [4.69, 9.17) is 25.5 Å². The first-order valence-corrected chi connectivity index (χ1v) is 14.3. The van der Waals surface area contributed by atoms with Crippen LogP contribution in [0.25, 0.3) is 17.4 Å². The summed E-state index contributed by atoms with van der Waals surface area (Å²) in [6.45, 7) is 7.62. The molecule has 0 unspecified atom stereocenters. The zero-order chi connectivity index (χ0) is 30.1. The summed E-state index contributed by atoms with van der Waals surface area (Å²) in [6.07, 6.45) is 1.20. The third kappa shape index (κ3) is 5.65. The third-order valence-electron chi connectivity index (χ3n) is 6.42. The molecule has 2 aromatic heterocycles. The highest BCUT2D eigenvalue weighted by atomic mass is 35.5. The van der Waals surface area contributed by atoms with Crippen molar-refractivity contribution in [2.75, 3.05) is 6.61 Å². The predicted molar refractivity (Wildman–Crippen MR) is 158 cm³/mol. The maximum absolute atomic E-state index is 13.9. The van der Waals surface area contributed by atoms with Crippen LogP contribution in [0, 0.1) is 10.1 Å². The van der Waals surface area contributed by atoms with E-state index in [1.165, 1.54) is 22.8 Å². The van der Waals surface area contributed by atoms with E-state index < -0.39 is 16.9 Å². The second kappa shape index (κ2) is 11.8. The van der Waals surface area contributed by atoms with Crippen molar-refractivity contribution in [3.05, 3.63) is 112 Å². The Hall–Kier alpha value is -4.48. The molecule has 5 rings (SSSR count). The number of carbonyl (C=O) groups excluding carboxylic acids is 1.